The van der Waals surface area contributed by atoms with Crippen LogP contribution in [0.1, 0.15) is 85.4 Å². The number of likely N-dealkylation sites (tertiary alicyclic amines) is 1. The van der Waals surface area contributed by atoms with Gasteiger partial charge in [0.05, 0.1) is 41.2 Å². The van der Waals surface area contributed by atoms with E-state index < -0.39 is 23.3 Å². The summed E-state index contributed by atoms with van der Waals surface area (Å²) in [5.41, 5.74) is -0.185. The summed E-state index contributed by atoms with van der Waals surface area (Å²) in [5, 5.41) is 15.3. The summed E-state index contributed by atoms with van der Waals surface area (Å²) >= 11 is 0. The molecule has 0 bridgehead atoms. The fraction of sp³-hybridized carbons (Fsp3) is 0.488. The quantitative estimate of drug-likeness (QED) is 0.211. The van der Waals surface area contributed by atoms with Gasteiger partial charge in [-0.15, -0.1) is 0 Å². The Morgan fingerprint density at radius 3 is 2.40 bits per heavy atom. The van der Waals surface area contributed by atoms with E-state index in [0.717, 1.165) is 87.3 Å². The fourth-order valence-corrected chi connectivity index (χ4v) is 8.77. The lowest BCUT2D eigenvalue weighted by molar-refractivity contribution is -0.138. The number of hydrogen-bond acceptors (Lipinski definition) is 10. The maximum Gasteiger partial charge on any atom is 0.417 e. The Balaban J connectivity index is 0.759. The zero-order valence-electron chi connectivity index (χ0n) is 32.0. The minimum atomic E-state index is -4.65. The number of nitrogens with zero attached hydrogens (tertiary/aromatic N) is 8. The molecule has 3 aliphatic heterocycles. The zero-order valence-corrected chi connectivity index (χ0v) is 32.0. The van der Waals surface area contributed by atoms with Gasteiger partial charge in [0.25, 0.3) is 5.91 Å². The molecule has 0 unspecified atom stereocenters. The van der Waals surface area contributed by atoms with Crippen LogP contribution < -0.4 is 25.2 Å². The molecule has 4 aromatic rings. The standard InChI is InChI=1S/C41H45F3N10O4/c42-41(43,44)33-21-31(4-1-27(33)22-45)58-30-5-2-28(3-6-30)49-39(56)34-23-48-36(24-47-34)52-17-8-26(9-18-52)25-51-15-10-29(11-16-51)53-19-12-32-35(53)7-14-46-38(32)54-20-13-37(55)50-40(54)57/h1,4,7,12,14,19,21,23-24,26,28-30H,2-3,5-6,8-11,13,15-18,20,25H2,(H,49,56)(H,50,55,57). The molecule has 4 fully saturated rings. The molecule has 1 saturated carbocycles. The predicted octanol–water partition coefficient (Wildman–Crippen LogP) is 5.84. The molecule has 4 amide bonds. The first kappa shape index (κ1) is 39.1. The number of imide groups is 1. The Hall–Kier alpha value is -5.76. The van der Waals surface area contributed by atoms with E-state index in [-0.39, 0.29) is 41.8 Å². The van der Waals surface area contributed by atoms with Gasteiger partial charge in [-0.2, -0.15) is 18.4 Å². The van der Waals surface area contributed by atoms with Gasteiger partial charge in [0, 0.05) is 75.6 Å². The summed E-state index contributed by atoms with van der Waals surface area (Å²) < 4.78 is 48.2. The van der Waals surface area contributed by atoms with Crippen molar-refractivity contribution in [3.8, 4) is 11.8 Å². The molecule has 0 radical (unpaired) electrons. The molecule has 58 heavy (non-hydrogen) atoms. The summed E-state index contributed by atoms with van der Waals surface area (Å²) in [5.74, 6) is 1.40. The highest BCUT2D eigenvalue weighted by atomic mass is 19.4. The molecular weight excluding hydrogens is 754 g/mol. The fourth-order valence-electron chi connectivity index (χ4n) is 8.77. The summed E-state index contributed by atoms with van der Waals surface area (Å²) in [6, 6.07) is 8.77. The van der Waals surface area contributed by atoms with Crippen molar-refractivity contribution in [3.05, 3.63) is 71.9 Å². The second-order valence-electron chi connectivity index (χ2n) is 15.6. The number of ether oxygens (including phenoxy) is 1. The Bertz CT molecular complexity index is 2180. The van der Waals surface area contributed by atoms with Gasteiger partial charge in [-0.05, 0) is 87.6 Å². The van der Waals surface area contributed by atoms with Crippen molar-refractivity contribution >= 4 is 40.4 Å². The average molecular weight is 799 g/mol. The van der Waals surface area contributed by atoms with Crippen molar-refractivity contribution in [2.45, 2.75) is 82.2 Å². The topological polar surface area (TPSA) is 162 Å². The van der Waals surface area contributed by atoms with E-state index in [0.29, 0.717) is 50.0 Å². The summed E-state index contributed by atoms with van der Waals surface area (Å²) in [7, 11) is 0. The molecule has 6 heterocycles. The van der Waals surface area contributed by atoms with E-state index in [1.807, 2.05) is 12.1 Å². The molecule has 1 aliphatic carbocycles. The number of carbonyl (C=O) groups excluding carboxylic acids is 3. The number of carbonyl (C=O) groups is 3. The maximum atomic E-state index is 13.4. The van der Waals surface area contributed by atoms with Crippen LogP contribution in [0.2, 0.25) is 0 Å². The largest absolute Gasteiger partial charge is 0.490 e. The molecule has 3 aromatic heterocycles. The van der Waals surface area contributed by atoms with Gasteiger partial charge in [0.1, 0.15) is 23.1 Å². The van der Waals surface area contributed by atoms with Crippen molar-refractivity contribution in [2.75, 3.05) is 49.1 Å². The average Bonchev–Trinajstić information content (AvgIpc) is 3.67. The lowest BCUT2D eigenvalue weighted by Crippen LogP contribution is -2.49. The first-order chi connectivity index (χ1) is 28.0. The summed E-state index contributed by atoms with van der Waals surface area (Å²) in [6.07, 6.45) is 8.76. The van der Waals surface area contributed by atoms with Gasteiger partial charge in [-0.3, -0.25) is 19.8 Å². The molecule has 4 aliphatic rings. The van der Waals surface area contributed by atoms with Crippen LogP contribution in [0.3, 0.4) is 0 Å². The molecule has 1 aromatic carbocycles. The highest BCUT2D eigenvalue weighted by molar-refractivity contribution is 6.08. The second-order valence-corrected chi connectivity index (χ2v) is 15.6. The Labute approximate surface area is 333 Å². The smallest absolute Gasteiger partial charge is 0.417 e. The number of aromatic nitrogens is 4. The number of amides is 4. The minimum absolute atomic E-state index is 0.0699. The lowest BCUT2D eigenvalue weighted by Gasteiger charge is -2.38. The Kier molecular flexibility index (Phi) is 11.2. The normalized spacial score (nSPS) is 21.5. The van der Waals surface area contributed by atoms with Crippen LogP contribution in [0.4, 0.5) is 29.6 Å². The minimum Gasteiger partial charge on any atom is -0.490 e. The third kappa shape index (κ3) is 8.57. The number of rotatable bonds is 9. The van der Waals surface area contributed by atoms with Gasteiger partial charge in [-0.25, -0.2) is 19.7 Å². The van der Waals surface area contributed by atoms with Crippen LogP contribution in [0, 0.1) is 17.2 Å². The monoisotopic (exact) mass is 798 g/mol. The van der Waals surface area contributed by atoms with Crippen molar-refractivity contribution in [2.24, 2.45) is 5.92 Å². The van der Waals surface area contributed by atoms with Crippen molar-refractivity contribution in [3.63, 3.8) is 0 Å². The molecule has 17 heteroatoms. The van der Waals surface area contributed by atoms with E-state index in [2.05, 4.69) is 46.1 Å². The molecule has 2 N–H and O–H groups in total. The van der Waals surface area contributed by atoms with Crippen LogP contribution in [-0.2, 0) is 11.0 Å². The molecule has 8 rings (SSSR count). The predicted molar refractivity (Wildman–Crippen MR) is 207 cm³/mol. The molecule has 0 atom stereocenters. The third-order valence-electron chi connectivity index (χ3n) is 11.9. The first-order valence-electron chi connectivity index (χ1n) is 20.0. The Morgan fingerprint density at radius 2 is 1.71 bits per heavy atom. The number of pyridine rings is 1. The molecular formula is C41H45F3N10O4. The molecule has 3 saturated heterocycles. The van der Waals surface area contributed by atoms with Crippen LogP contribution in [0.5, 0.6) is 5.75 Å². The van der Waals surface area contributed by atoms with Gasteiger partial charge in [0.15, 0.2) is 0 Å². The van der Waals surface area contributed by atoms with Gasteiger partial charge >= 0.3 is 12.2 Å². The SMILES string of the molecule is N#Cc1ccc(OC2CCC(NC(=O)c3cnc(N4CCC(CN5CCC(n6ccc7c(N8CCC(=O)NC8=O)nccc76)CC5)CC4)cn3)CC2)cc1C(F)(F)F. The Morgan fingerprint density at radius 1 is 0.931 bits per heavy atom. The van der Waals surface area contributed by atoms with E-state index in [9.17, 15) is 27.6 Å². The number of nitriles is 1. The highest BCUT2D eigenvalue weighted by Gasteiger charge is 2.35. The number of anilines is 2. The van der Waals surface area contributed by atoms with Gasteiger partial charge in [0.2, 0.25) is 5.91 Å². The van der Waals surface area contributed by atoms with E-state index >= 15 is 0 Å². The summed E-state index contributed by atoms with van der Waals surface area (Å²) in [4.78, 5) is 57.0. The van der Waals surface area contributed by atoms with Crippen molar-refractivity contribution < 1.29 is 32.3 Å². The number of fused-ring (bicyclic) bond motifs is 1. The third-order valence-corrected chi connectivity index (χ3v) is 11.9. The van der Waals surface area contributed by atoms with Crippen LogP contribution in [0.15, 0.2) is 55.1 Å². The second kappa shape index (κ2) is 16.6. The van der Waals surface area contributed by atoms with Crippen LogP contribution >= 0.6 is 0 Å². The molecule has 0 spiro atoms. The first-order valence-corrected chi connectivity index (χ1v) is 20.0. The molecule has 14 nitrogen and oxygen atoms in total. The van der Waals surface area contributed by atoms with Crippen molar-refractivity contribution in [1.82, 2.24) is 35.1 Å². The highest BCUT2D eigenvalue weighted by Crippen LogP contribution is 2.36. The van der Waals surface area contributed by atoms with E-state index in [1.54, 1.807) is 23.4 Å². The summed E-state index contributed by atoms with van der Waals surface area (Å²) in [6.45, 7) is 5.11. The number of urea groups is 1. The number of nitrogens with one attached hydrogen (secondary N) is 2. The zero-order chi connectivity index (χ0) is 40.4. The number of halogens is 3. The van der Waals surface area contributed by atoms with Crippen LogP contribution in [0.25, 0.3) is 10.9 Å². The number of piperidine rings is 2. The number of hydrogen-bond donors (Lipinski definition) is 2. The number of alkyl halides is 3. The number of benzene rings is 1. The molecule has 304 valence electrons. The van der Waals surface area contributed by atoms with E-state index in [1.165, 1.54) is 12.3 Å². The lowest BCUT2D eigenvalue weighted by atomic mass is 9.92. The maximum absolute atomic E-state index is 13.4. The van der Waals surface area contributed by atoms with Crippen LogP contribution in [-0.4, -0.2) is 93.7 Å². The van der Waals surface area contributed by atoms with Crippen molar-refractivity contribution in [1.29, 1.82) is 5.26 Å². The van der Waals surface area contributed by atoms with Gasteiger partial charge in [-0.1, -0.05) is 0 Å². The van der Waals surface area contributed by atoms with E-state index in [4.69, 9.17) is 10.00 Å². The van der Waals surface area contributed by atoms with Gasteiger partial charge < -0.3 is 24.4 Å².